The molecule has 1 aliphatic rings. The van der Waals surface area contributed by atoms with Crippen LogP contribution in [0.15, 0.2) is 18.2 Å². The smallest absolute Gasteiger partial charge is 0.317 e. The maximum absolute atomic E-state index is 10.8. The molecule has 0 radical (unpaired) electrons. The van der Waals surface area contributed by atoms with Crippen molar-refractivity contribution in [3.05, 3.63) is 33.8 Å². The van der Waals surface area contributed by atoms with Gasteiger partial charge in [-0.1, -0.05) is 29.3 Å². The third kappa shape index (κ3) is 4.31. The van der Waals surface area contributed by atoms with Crippen LogP contribution < -0.4 is 0 Å². The van der Waals surface area contributed by atoms with E-state index in [-0.39, 0.29) is 12.6 Å². The summed E-state index contributed by atoms with van der Waals surface area (Å²) in [7, 11) is 1.71. The fraction of sp³-hybridized carbons (Fsp3) is 0.500. The third-order valence-electron chi connectivity index (χ3n) is 3.68. The van der Waals surface area contributed by atoms with Crippen LogP contribution in [0.1, 0.15) is 5.56 Å². The quantitative estimate of drug-likeness (QED) is 0.856. The molecule has 0 amide bonds. The third-order valence-corrected chi connectivity index (χ3v) is 4.41. The van der Waals surface area contributed by atoms with E-state index in [0.29, 0.717) is 29.7 Å². The van der Waals surface area contributed by atoms with Crippen molar-refractivity contribution >= 4 is 29.2 Å². The number of hydrogen-bond acceptors (Lipinski definition) is 4. The number of hydrogen-bond donors (Lipinski definition) is 2. The van der Waals surface area contributed by atoms with Crippen molar-refractivity contribution in [1.82, 2.24) is 9.80 Å². The van der Waals surface area contributed by atoms with Gasteiger partial charge in [-0.05, 0) is 24.7 Å². The highest BCUT2D eigenvalue weighted by molar-refractivity contribution is 6.42. The lowest BCUT2D eigenvalue weighted by Gasteiger charge is -2.24. The van der Waals surface area contributed by atoms with Crippen molar-refractivity contribution in [2.75, 3.05) is 26.7 Å². The van der Waals surface area contributed by atoms with Gasteiger partial charge in [-0.2, -0.15) is 0 Å². The van der Waals surface area contributed by atoms with E-state index in [1.807, 2.05) is 12.1 Å². The minimum absolute atomic E-state index is 0.0810. The molecule has 0 aliphatic carbocycles. The number of halogens is 2. The lowest BCUT2D eigenvalue weighted by molar-refractivity contribution is -0.138. The number of aliphatic carboxylic acids is 1. The first-order valence-electron chi connectivity index (χ1n) is 6.63. The molecule has 5 nitrogen and oxygen atoms in total. The summed E-state index contributed by atoms with van der Waals surface area (Å²) in [5.41, 5.74) is 1.01. The van der Waals surface area contributed by atoms with Crippen molar-refractivity contribution in [3.63, 3.8) is 0 Å². The number of aliphatic hydroxyl groups is 1. The Morgan fingerprint density at radius 2 is 2.10 bits per heavy atom. The molecule has 0 saturated carbocycles. The predicted octanol–water partition coefficient (Wildman–Crippen LogP) is 1.55. The molecule has 1 saturated heterocycles. The van der Waals surface area contributed by atoms with Gasteiger partial charge in [-0.3, -0.25) is 14.6 Å². The average Bonchev–Trinajstić information content (AvgIpc) is 2.74. The lowest BCUT2D eigenvalue weighted by atomic mass is 10.2. The standard InChI is InChI=1S/C14H18Cl2N2O3/c1-17(8-14(20)21)12-6-18(7-13(12)19)5-9-2-3-10(15)11(16)4-9/h2-4,12-13,19H,5-8H2,1H3,(H,20,21)/t12-,13-/m1/s1. The summed E-state index contributed by atoms with van der Waals surface area (Å²) in [5, 5.41) is 19.9. The molecule has 1 aromatic carbocycles. The van der Waals surface area contributed by atoms with Gasteiger partial charge in [0.15, 0.2) is 0 Å². The number of aliphatic hydroxyl groups excluding tert-OH is 1. The molecular weight excluding hydrogens is 315 g/mol. The van der Waals surface area contributed by atoms with Crippen molar-refractivity contribution in [1.29, 1.82) is 0 Å². The van der Waals surface area contributed by atoms with E-state index in [2.05, 4.69) is 4.90 Å². The molecule has 2 N–H and O–H groups in total. The zero-order chi connectivity index (χ0) is 15.6. The zero-order valence-corrected chi connectivity index (χ0v) is 13.2. The largest absolute Gasteiger partial charge is 0.480 e. The molecular formula is C14H18Cl2N2O3. The summed E-state index contributed by atoms with van der Waals surface area (Å²) < 4.78 is 0. The van der Waals surface area contributed by atoms with Crippen molar-refractivity contribution in [2.24, 2.45) is 0 Å². The Morgan fingerprint density at radius 1 is 1.38 bits per heavy atom. The molecule has 0 bridgehead atoms. The molecule has 7 heteroatoms. The number of carboxylic acids is 1. The Kier molecular flexibility index (Phi) is 5.46. The molecule has 1 heterocycles. The second-order valence-electron chi connectivity index (χ2n) is 5.39. The fourth-order valence-corrected chi connectivity index (χ4v) is 2.96. The molecule has 1 fully saturated rings. The van der Waals surface area contributed by atoms with E-state index in [1.54, 1.807) is 18.0 Å². The van der Waals surface area contributed by atoms with Gasteiger partial charge >= 0.3 is 5.97 Å². The summed E-state index contributed by atoms with van der Waals surface area (Å²) in [6, 6.07) is 5.28. The summed E-state index contributed by atoms with van der Waals surface area (Å²) in [6.45, 7) is 1.69. The van der Waals surface area contributed by atoms with Crippen LogP contribution in [0.3, 0.4) is 0 Å². The van der Waals surface area contributed by atoms with Gasteiger partial charge in [0.1, 0.15) is 0 Å². The van der Waals surface area contributed by atoms with E-state index in [9.17, 15) is 9.90 Å². The number of nitrogens with zero attached hydrogens (tertiary/aromatic N) is 2. The second-order valence-corrected chi connectivity index (χ2v) is 6.20. The Morgan fingerprint density at radius 3 is 2.71 bits per heavy atom. The van der Waals surface area contributed by atoms with Crippen LogP contribution in [0, 0.1) is 0 Å². The Labute approximate surface area is 133 Å². The van der Waals surface area contributed by atoms with Gasteiger partial charge in [0.2, 0.25) is 0 Å². The van der Waals surface area contributed by atoms with Crippen molar-refractivity contribution < 1.29 is 15.0 Å². The second kappa shape index (κ2) is 6.94. The minimum atomic E-state index is -0.896. The van der Waals surface area contributed by atoms with Crippen LogP contribution >= 0.6 is 23.2 Å². The van der Waals surface area contributed by atoms with Crippen LogP contribution in [0.2, 0.25) is 10.0 Å². The first-order valence-corrected chi connectivity index (χ1v) is 7.39. The number of rotatable bonds is 5. The molecule has 116 valence electrons. The minimum Gasteiger partial charge on any atom is -0.480 e. The van der Waals surface area contributed by atoms with Crippen molar-refractivity contribution in [3.8, 4) is 0 Å². The molecule has 2 rings (SSSR count). The summed E-state index contributed by atoms with van der Waals surface area (Å²) >= 11 is 11.9. The van der Waals surface area contributed by atoms with E-state index in [1.165, 1.54) is 0 Å². The molecule has 0 unspecified atom stereocenters. The highest BCUT2D eigenvalue weighted by Crippen LogP contribution is 2.24. The number of carbonyl (C=O) groups is 1. The van der Waals surface area contributed by atoms with Crippen molar-refractivity contribution in [2.45, 2.75) is 18.7 Å². The number of benzene rings is 1. The van der Waals surface area contributed by atoms with Gasteiger partial charge < -0.3 is 10.2 Å². The normalized spacial score (nSPS) is 22.9. The molecule has 2 atom stereocenters. The zero-order valence-electron chi connectivity index (χ0n) is 11.7. The Hall–Kier alpha value is -0.850. The predicted molar refractivity (Wildman–Crippen MR) is 81.8 cm³/mol. The van der Waals surface area contributed by atoms with Crippen LogP contribution in [0.4, 0.5) is 0 Å². The van der Waals surface area contributed by atoms with E-state index in [0.717, 1.165) is 5.56 Å². The highest BCUT2D eigenvalue weighted by Gasteiger charge is 2.34. The molecule has 21 heavy (non-hydrogen) atoms. The topological polar surface area (TPSA) is 64.0 Å². The van der Waals surface area contributed by atoms with Crippen LogP contribution in [-0.4, -0.2) is 64.8 Å². The number of β-amino-alcohol motifs (C(OH)–C–C–N with tert-alkyl or cyclic N) is 1. The van der Waals surface area contributed by atoms with Gasteiger partial charge in [0.25, 0.3) is 0 Å². The number of carboxylic acid groups (broad SMARTS) is 1. The maximum atomic E-state index is 10.8. The first kappa shape index (κ1) is 16.5. The average molecular weight is 333 g/mol. The van der Waals surface area contributed by atoms with E-state index < -0.39 is 12.1 Å². The van der Waals surface area contributed by atoms with E-state index in [4.69, 9.17) is 28.3 Å². The van der Waals surface area contributed by atoms with Crippen LogP contribution in [-0.2, 0) is 11.3 Å². The van der Waals surface area contributed by atoms with Gasteiger partial charge in [-0.25, -0.2) is 0 Å². The molecule has 1 aliphatic heterocycles. The highest BCUT2D eigenvalue weighted by atomic mass is 35.5. The molecule has 0 spiro atoms. The van der Waals surface area contributed by atoms with Gasteiger partial charge in [-0.15, -0.1) is 0 Å². The lowest BCUT2D eigenvalue weighted by Crippen LogP contribution is -2.43. The van der Waals surface area contributed by atoms with E-state index >= 15 is 0 Å². The SMILES string of the molecule is CN(CC(=O)O)[C@@H]1CN(Cc2ccc(Cl)c(Cl)c2)C[C@H]1O. The molecule has 1 aromatic rings. The Balaban J connectivity index is 1.97. The first-order chi connectivity index (χ1) is 9.86. The maximum Gasteiger partial charge on any atom is 0.317 e. The van der Waals surface area contributed by atoms with Crippen LogP contribution in [0.5, 0.6) is 0 Å². The number of likely N-dealkylation sites (N-methyl/N-ethyl adjacent to an activating group) is 1. The number of likely N-dealkylation sites (tertiary alicyclic amines) is 1. The fourth-order valence-electron chi connectivity index (χ4n) is 2.64. The van der Waals surface area contributed by atoms with Gasteiger partial charge in [0.05, 0.1) is 22.7 Å². The monoisotopic (exact) mass is 332 g/mol. The Bertz CT molecular complexity index is 527. The summed E-state index contributed by atoms with van der Waals surface area (Å²) in [5.74, 6) is -0.896. The molecule has 0 aromatic heterocycles. The summed E-state index contributed by atoms with van der Waals surface area (Å²) in [4.78, 5) is 14.5. The van der Waals surface area contributed by atoms with Crippen LogP contribution in [0.25, 0.3) is 0 Å². The summed E-state index contributed by atoms with van der Waals surface area (Å²) in [6.07, 6.45) is -0.558. The van der Waals surface area contributed by atoms with Gasteiger partial charge in [0, 0.05) is 25.7 Å².